The Labute approximate surface area is 158 Å². The molecule has 3 rings (SSSR count). The standard InChI is InChI=1S/C20H23ClN2O3/c1-13(2)12-26-19-8-7-15(21)9-14(19)10-23-11-17-16(20(24)25)5-4-6-18(17)22(23)3/h4-9,11,13,18H,10,12H2,1-3H3,(H,24,25). The summed E-state index contributed by atoms with van der Waals surface area (Å²) in [6.07, 6.45) is 7.31. The lowest BCUT2D eigenvalue weighted by Gasteiger charge is -2.30. The molecule has 1 unspecified atom stereocenters. The molecule has 1 aromatic rings. The molecule has 26 heavy (non-hydrogen) atoms. The molecule has 1 N–H and O–H groups in total. The van der Waals surface area contributed by atoms with Gasteiger partial charge in [-0.2, -0.15) is 0 Å². The van der Waals surface area contributed by atoms with E-state index in [1.165, 1.54) is 0 Å². The van der Waals surface area contributed by atoms with E-state index in [9.17, 15) is 9.90 Å². The highest BCUT2D eigenvalue weighted by Crippen LogP contribution is 2.33. The highest BCUT2D eigenvalue weighted by Gasteiger charge is 2.34. The second kappa shape index (κ2) is 7.56. The first-order valence-electron chi connectivity index (χ1n) is 8.61. The Morgan fingerprint density at radius 3 is 2.85 bits per heavy atom. The van der Waals surface area contributed by atoms with Gasteiger partial charge in [0, 0.05) is 29.4 Å². The minimum absolute atomic E-state index is 0.0784. The summed E-state index contributed by atoms with van der Waals surface area (Å²) in [6.45, 7) is 5.38. The number of hydrazine groups is 1. The summed E-state index contributed by atoms with van der Waals surface area (Å²) in [5, 5.41) is 14.1. The maximum Gasteiger partial charge on any atom is 0.336 e. The lowest BCUT2D eigenvalue weighted by molar-refractivity contribution is -0.132. The van der Waals surface area contributed by atoms with Crippen molar-refractivity contribution in [1.82, 2.24) is 10.0 Å². The Morgan fingerprint density at radius 2 is 2.15 bits per heavy atom. The fraction of sp³-hybridized carbons (Fsp3) is 0.350. The quantitative estimate of drug-likeness (QED) is 0.819. The van der Waals surface area contributed by atoms with Crippen LogP contribution >= 0.6 is 11.6 Å². The van der Waals surface area contributed by atoms with Gasteiger partial charge in [-0.1, -0.05) is 37.6 Å². The number of aliphatic carboxylic acids is 1. The van der Waals surface area contributed by atoms with Crippen LogP contribution in [0.2, 0.25) is 5.02 Å². The van der Waals surface area contributed by atoms with Gasteiger partial charge in [0.1, 0.15) is 5.75 Å². The summed E-state index contributed by atoms with van der Waals surface area (Å²) in [6, 6.07) is 5.53. The van der Waals surface area contributed by atoms with Crippen molar-refractivity contribution in [2.45, 2.75) is 26.4 Å². The van der Waals surface area contributed by atoms with E-state index in [1.807, 2.05) is 47.5 Å². The van der Waals surface area contributed by atoms with Crippen molar-refractivity contribution < 1.29 is 14.6 Å². The molecule has 1 aromatic carbocycles. The smallest absolute Gasteiger partial charge is 0.336 e. The number of nitrogens with zero attached hydrogens (tertiary/aromatic N) is 2. The van der Waals surface area contributed by atoms with Crippen molar-refractivity contribution >= 4 is 17.6 Å². The Balaban J connectivity index is 1.85. The number of hydrogen-bond donors (Lipinski definition) is 1. The molecule has 0 amide bonds. The second-order valence-corrected chi connectivity index (χ2v) is 7.36. The molecule has 2 aliphatic rings. The highest BCUT2D eigenvalue weighted by atomic mass is 35.5. The van der Waals surface area contributed by atoms with E-state index in [1.54, 1.807) is 12.2 Å². The van der Waals surface area contributed by atoms with Gasteiger partial charge in [0.25, 0.3) is 0 Å². The summed E-state index contributed by atoms with van der Waals surface area (Å²) in [4.78, 5) is 11.5. The maximum absolute atomic E-state index is 11.5. The number of carboxylic acids is 1. The van der Waals surface area contributed by atoms with Crippen LogP contribution in [0.25, 0.3) is 0 Å². The molecule has 1 heterocycles. The molecule has 0 bridgehead atoms. The van der Waals surface area contributed by atoms with E-state index in [4.69, 9.17) is 16.3 Å². The van der Waals surface area contributed by atoms with Crippen molar-refractivity contribution in [2.75, 3.05) is 13.7 Å². The molecule has 0 saturated heterocycles. The van der Waals surface area contributed by atoms with Crippen LogP contribution in [0.1, 0.15) is 19.4 Å². The first-order valence-corrected chi connectivity index (χ1v) is 8.99. The molecule has 1 atom stereocenters. The van der Waals surface area contributed by atoms with Crippen LogP contribution < -0.4 is 4.74 Å². The van der Waals surface area contributed by atoms with Crippen LogP contribution in [-0.4, -0.2) is 40.8 Å². The van der Waals surface area contributed by atoms with Crippen LogP contribution in [0.4, 0.5) is 0 Å². The SMILES string of the molecule is CC(C)COc1ccc(Cl)cc1CN1C=C2C(C(=O)O)=CC=CC2N1C. The van der Waals surface area contributed by atoms with Crippen LogP contribution in [0.3, 0.4) is 0 Å². The lowest BCUT2D eigenvalue weighted by Crippen LogP contribution is -2.37. The van der Waals surface area contributed by atoms with E-state index >= 15 is 0 Å². The number of ether oxygens (including phenoxy) is 1. The summed E-state index contributed by atoms with van der Waals surface area (Å²) in [7, 11) is 1.95. The molecule has 0 fully saturated rings. The molecule has 1 aliphatic carbocycles. The normalized spacial score (nSPS) is 19.4. The average molecular weight is 375 g/mol. The topological polar surface area (TPSA) is 53.0 Å². The summed E-state index contributed by atoms with van der Waals surface area (Å²) < 4.78 is 5.93. The van der Waals surface area contributed by atoms with Crippen LogP contribution in [-0.2, 0) is 11.3 Å². The number of fused-ring (bicyclic) bond motifs is 1. The van der Waals surface area contributed by atoms with Crippen LogP contribution in [0.5, 0.6) is 5.75 Å². The molecular weight excluding hydrogens is 352 g/mol. The van der Waals surface area contributed by atoms with Crippen molar-refractivity contribution in [3.8, 4) is 5.75 Å². The molecule has 5 nitrogen and oxygen atoms in total. The van der Waals surface area contributed by atoms with Crippen molar-refractivity contribution in [2.24, 2.45) is 5.92 Å². The van der Waals surface area contributed by atoms with Gasteiger partial charge in [-0.25, -0.2) is 9.80 Å². The van der Waals surface area contributed by atoms with Crippen molar-refractivity contribution in [1.29, 1.82) is 0 Å². The summed E-state index contributed by atoms with van der Waals surface area (Å²) in [5.41, 5.74) is 2.08. The number of allylic oxidation sites excluding steroid dienone is 2. The summed E-state index contributed by atoms with van der Waals surface area (Å²) >= 11 is 6.19. The van der Waals surface area contributed by atoms with Gasteiger partial charge in [-0.15, -0.1) is 0 Å². The molecule has 138 valence electrons. The minimum atomic E-state index is -0.912. The van der Waals surface area contributed by atoms with Crippen molar-refractivity contribution in [3.05, 3.63) is 64.4 Å². The Bertz CT molecular complexity index is 798. The van der Waals surface area contributed by atoms with Gasteiger partial charge in [0.05, 0.1) is 24.8 Å². The van der Waals surface area contributed by atoms with Crippen molar-refractivity contribution in [3.63, 3.8) is 0 Å². The monoisotopic (exact) mass is 374 g/mol. The highest BCUT2D eigenvalue weighted by molar-refractivity contribution is 6.30. The molecule has 0 saturated carbocycles. The fourth-order valence-corrected chi connectivity index (χ4v) is 3.29. The molecule has 6 heteroatoms. The zero-order chi connectivity index (χ0) is 18.8. The largest absolute Gasteiger partial charge is 0.493 e. The zero-order valence-corrected chi connectivity index (χ0v) is 15.9. The maximum atomic E-state index is 11.5. The van der Waals surface area contributed by atoms with Gasteiger partial charge >= 0.3 is 5.97 Å². The Morgan fingerprint density at radius 1 is 1.38 bits per heavy atom. The molecule has 0 aromatic heterocycles. The van der Waals surface area contributed by atoms with Gasteiger partial charge in [0.2, 0.25) is 0 Å². The third-order valence-corrected chi connectivity index (χ3v) is 4.67. The van der Waals surface area contributed by atoms with Gasteiger partial charge in [0.15, 0.2) is 0 Å². The first kappa shape index (κ1) is 18.5. The predicted octanol–water partition coefficient (Wildman–Crippen LogP) is 3.87. The fourth-order valence-electron chi connectivity index (χ4n) is 3.09. The van der Waals surface area contributed by atoms with Crippen LogP contribution in [0, 0.1) is 5.92 Å². The zero-order valence-electron chi connectivity index (χ0n) is 15.1. The average Bonchev–Trinajstić information content (AvgIpc) is 2.90. The predicted molar refractivity (Wildman–Crippen MR) is 102 cm³/mol. The van der Waals surface area contributed by atoms with E-state index < -0.39 is 5.97 Å². The van der Waals surface area contributed by atoms with Gasteiger partial charge in [-0.05, 0) is 30.2 Å². The van der Waals surface area contributed by atoms with E-state index in [0.29, 0.717) is 29.7 Å². The molecule has 0 radical (unpaired) electrons. The van der Waals surface area contributed by atoms with Gasteiger partial charge in [-0.3, -0.25) is 0 Å². The number of hydrogen-bond acceptors (Lipinski definition) is 4. The molecular formula is C20H23ClN2O3. The van der Waals surface area contributed by atoms with E-state index in [-0.39, 0.29) is 6.04 Å². The lowest BCUT2D eigenvalue weighted by atomic mass is 9.95. The third-order valence-electron chi connectivity index (χ3n) is 4.44. The Hall–Kier alpha value is -2.24. The minimum Gasteiger partial charge on any atom is -0.493 e. The number of carboxylic acid groups (broad SMARTS) is 1. The van der Waals surface area contributed by atoms with E-state index in [0.717, 1.165) is 16.9 Å². The van der Waals surface area contributed by atoms with E-state index in [2.05, 4.69) is 13.8 Å². The number of halogens is 1. The Kier molecular flexibility index (Phi) is 5.39. The molecule has 0 spiro atoms. The number of carbonyl (C=O) groups is 1. The van der Waals surface area contributed by atoms with Crippen LogP contribution in [0.15, 0.2) is 53.8 Å². The number of benzene rings is 1. The third kappa shape index (κ3) is 3.79. The molecule has 1 aliphatic heterocycles. The summed E-state index contributed by atoms with van der Waals surface area (Å²) in [5.74, 6) is 0.310. The first-order chi connectivity index (χ1) is 12.4. The number of likely N-dealkylation sites (N-methyl/N-ethyl adjacent to an activating group) is 1. The van der Waals surface area contributed by atoms with Gasteiger partial charge < -0.3 is 14.9 Å². The second-order valence-electron chi connectivity index (χ2n) is 6.93. The number of rotatable bonds is 6.